The number of aliphatic hydroxyl groups is 2. The highest BCUT2D eigenvalue weighted by Gasteiger charge is 2.87. The number of hydrogen-bond donors (Lipinski definition) is 3. The third-order valence-electron chi connectivity index (χ3n) is 3.84. The number of anilines is 1. The van der Waals surface area contributed by atoms with Crippen molar-refractivity contribution >= 4 is 17.4 Å². The van der Waals surface area contributed by atoms with E-state index in [9.17, 15) is 23.8 Å². The van der Waals surface area contributed by atoms with Crippen LogP contribution in [0.25, 0.3) is 0 Å². The number of aliphatic hydroxyl groups excluding tert-OH is 1. The second kappa shape index (κ2) is 3.88. The molecule has 20 heavy (non-hydrogen) atoms. The molecule has 1 saturated heterocycles. The van der Waals surface area contributed by atoms with Crippen molar-refractivity contribution in [3.05, 3.63) is 22.5 Å². The molecule has 1 aliphatic heterocycles. The zero-order chi connectivity index (χ0) is 14.9. The summed E-state index contributed by atoms with van der Waals surface area (Å²) in [7, 11) is 0. The molecule has 1 aromatic heterocycles. The molecule has 7 nitrogen and oxygen atoms in total. The Morgan fingerprint density at radius 2 is 2.30 bits per heavy atom. The Hall–Kier alpha value is -1.29. The molecule has 1 saturated carbocycles. The molecular formula is C10H10ClF2N3O4. The SMILES string of the molecule is Nc1nc(=O)n([C@@H]2O[C@@]3(CO)C(Cl)[C@]3(O)[C@H]2F)cc1F. The number of aromatic nitrogens is 2. The largest absolute Gasteiger partial charge is 0.393 e. The lowest BCUT2D eigenvalue weighted by Crippen LogP contribution is -2.38. The summed E-state index contributed by atoms with van der Waals surface area (Å²) in [6, 6.07) is 0. The summed E-state index contributed by atoms with van der Waals surface area (Å²) < 4.78 is 33.3. The standard InChI is InChI=1S/C10H10ClF2N3O4/c11-7-9(2-17)10(7,19)4(13)6(20-9)16-1-3(12)5(14)15-8(16)18/h1,4,6-7,17,19H,2H2,(H2,14,15,18)/t4-,6+,7?,9-,10+/m0/s1. The quantitative estimate of drug-likeness (QED) is 0.599. The van der Waals surface area contributed by atoms with Gasteiger partial charge in [0.05, 0.1) is 12.8 Å². The summed E-state index contributed by atoms with van der Waals surface area (Å²) in [6.45, 7) is -0.742. The van der Waals surface area contributed by atoms with Gasteiger partial charge in [0, 0.05) is 0 Å². The number of nitrogens with zero attached hydrogens (tertiary/aromatic N) is 2. The van der Waals surface area contributed by atoms with Gasteiger partial charge in [-0.25, -0.2) is 13.6 Å². The van der Waals surface area contributed by atoms with Crippen LogP contribution in [-0.4, -0.2) is 49.1 Å². The number of fused-ring (bicyclic) bond motifs is 1. The smallest absolute Gasteiger partial charge is 0.351 e. The van der Waals surface area contributed by atoms with Gasteiger partial charge in [-0.05, 0) is 0 Å². The van der Waals surface area contributed by atoms with Crippen LogP contribution in [0.15, 0.2) is 11.0 Å². The fourth-order valence-corrected chi connectivity index (χ4v) is 3.11. The highest BCUT2D eigenvalue weighted by molar-refractivity contribution is 6.25. The summed E-state index contributed by atoms with van der Waals surface area (Å²) in [5.74, 6) is -1.66. The number of hydrogen-bond acceptors (Lipinski definition) is 6. The van der Waals surface area contributed by atoms with Gasteiger partial charge in [0.1, 0.15) is 11.0 Å². The minimum Gasteiger partial charge on any atom is -0.393 e. The molecule has 1 aromatic rings. The number of ether oxygens (including phenoxy) is 1. The Balaban J connectivity index is 2.03. The first-order valence-corrected chi connectivity index (χ1v) is 6.06. The van der Waals surface area contributed by atoms with Gasteiger partial charge in [-0.1, -0.05) is 0 Å². The van der Waals surface area contributed by atoms with Crippen molar-refractivity contribution in [2.24, 2.45) is 0 Å². The van der Waals surface area contributed by atoms with Crippen LogP contribution in [0.2, 0.25) is 0 Å². The fourth-order valence-electron chi connectivity index (χ4n) is 2.57. The number of rotatable bonds is 2. The number of halogens is 3. The first-order valence-electron chi connectivity index (χ1n) is 5.63. The average Bonchev–Trinajstić information content (AvgIpc) is 2.76. The van der Waals surface area contributed by atoms with Gasteiger partial charge in [-0.2, -0.15) is 4.98 Å². The van der Waals surface area contributed by atoms with Crippen molar-refractivity contribution in [1.29, 1.82) is 0 Å². The van der Waals surface area contributed by atoms with Gasteiger partial charge >= 0.3 is 5.69 Å². The molecule has 1 aliphatic carbocycles. The van der Waals surface area contributed by atoms with Crippen molar-refractivity contribution in [2.75, 3.05) is 12.3 Å². The molecule has 110 valence electrons. The second-order valence-electron chi connectivity index (χ2n) is 4.81. The van der Waals surface area contributed by atoms with E-state index in [4.69, 9.17) is 22.1 Å². The van der Waals surface area contributed by atoms with E-state index in [0.29, 0.717) is 10.8 Å². The normalized spacial score (nSPS) is 42.5. The molecule has 5 atom stereocenters. The van der Waals surface area contributed by atoms with E-state index in [-0.39, 0.29) is 0 Å². The van der Waals surface area contributed by atoms with Crippen LogP contribution in [0.3, 0.4) is 0 Å². The summed E-state index contributed by atoms with van der Waals surface area (Å²) in [5, 5.41) is 18.1. The minimum atomic E-state index is -2.13. The lowest BCUT2D eigenvalue weighted by atomic mass is 10.1. The van der Waals surface area contributed by atoms with E-state index < -0.39 is 52.9 Å². The zero-order valence-corrected chi connectivity index (χ0v) is 10.6. The number of alkyl halides is 2. The summed E-state index contributed by atoms with van der Waals surface area (Å²) >= 11 is 5.72. The maximum absolute atomic E-state index is 14.3. The van der Waals surface area contributed by atoms with Crippen molar-refractivity contribution in [3.63, 3.8) is 0 Å². The van der Waals surface area contributed by atoms with Crippen molar-refractivity contribution < 1.29 is 23.7 Å². The highest BCUT2D eigenvalue weighted by atomic mass is 35.5. The predicted molar refractivity (Wildman–Crippen MR) is 62.3 cm³/mol. The third kappa shape index (κ3) is 1.33. The van der Waals surface area contributed by atoms with Crippen LogP contribution in [0.1, 0.15) is 6.23 Å². The summed E-state index contributed by atoms with van der Waals surface area (Å²) in [6.07, 6.45) is -3.14. The van der Waals surface area contributed by atoms with E-state index in [1.54, 1.807) is 0 Å². The van der Waals surface area contributed by atoms with E-state index >= 15 is 0 Å². The Labute approximate surface area is 115 Å². The third-order valence-corrected chi connectivity index (χ3v) is 4.52. The Morgan fingerprint density at radius 1 is 1.65 bits per heavy atom. The van der Waals surface area contributed by atoms with E-state index in [1.165, 1.54) is 0 Å². The molecule has 1 unspecified atom stereocenters. The molecule has 2 fully saturated rings. The van der Waals surface area contributed by atoms with Crippen LogP contribution in [-0.2, 0) is 4.74 Å². The first-order chi connectivity index (χ1) is 9.29. The fraction of sp³-hybridized carbons (Fsp3) is 0.600. The topological polar surface area (TPSA) is 111 Å². The van der Waals surface area contributed by atoms with E-state index in [2.05, 4.69) is 4.98 Å². The van der Waals surface area contributed by atoms with Crippen LogP contribution in [0.4, 0.5) is 14.6 Å². The van der Waals surface area contributed by atoms with Gasteiger partial charge in [0.25, 0.3) is 0 Å². The molecule has 0 bridgehead atoms. The van der Waals surface area contributed by atoms with Crippen molar-refractivity contribution in [1.82, 2.24) is 9.55 Å². The lowest BCUT2D eigenvalue weighted by Gasteiger charge is -2.21. The lowest BCUT2D eigenvalue weighted by molar-refractivity contribution is -0.0783. The van der Waals surface area contributed by atoms with Gasteiger partial charge < -0.3 is 20.7 Å². The average molecular weight is 310 g/mol. The maximum Gasteiger partial charge on any atom is 0.351 e. The molecule has 2 heterocycles. The van der Waals surface area contributed by atoms with Gasteiger partial charge in [0.15, 0.2) is 29.6 Å². The Morgan fingerprint density at radius 3 is 2.85 bits per heavy atom. The molecule has 0 amide bonds. The van der Waals surface area contributed by atoms with Gasteiger partial charge in [-0.15, -0.1) is 11.6 Å². The van der Waals surface area contributed by atoms with Crippen LogP contribution < -0.4 is 11.4 Å². The molecule has 2 aliphatic rings. The zero-order valence-electron chi connectivity index (χ0n) is 9.83. The van der Waals surface area contributed by atoms with Gasteiger partial charge in [-0.3, -0.25) is 4.57 Å². The molecular weight excluding hydrogens is 300 g/mol. The van der Waals surface area contributed by atoms with Crippen LogP contribution >= 0.6 is 11.6 Å². The molecule has 3 rings (SSSR count). The highest BCUT2D eigenvalue weighted by Crippen LogP contribution is 2.65. The van der Waals surface area contributed by atoms with Crippen LogP contribution in [0.5, 0.6) is 0 Å². The minimum absolute atomic E-state index is 0.529. The van der Waals surface area contributed by atoms with Crippen LogP contribution in [0, 0.1) is 5.82 Å². The molecule has 0 radical (unpaired) electrons. The Kier molecular flexibility index (Phi) is 2.65. The van der Waals surface area contributed by atoms with E-state index in [1.807, 2.05) is 0 Å². The summed E-state index contributed by atoms with van der Waals surface area (Å²) in [5.41, 5.74) is 0.228. The number of nitrogen functional groups attached to an aromatic ring is 1. The Bertz CT molecular complexity index is 639. The van der Waals surface area contributed by atoms with Gasteiger partial charge in [0.2, 0.25) is 0 Å². The summed E-state index contributed by atoms with van der Waals surface area (Å²) in [4.78, 5) is 14.8. The molecule has 0 aromatic carbocycles. The van der Waals surface area contributed by atoms with E-state index in [0.717, 1.165) is 0 Å². The first kappa shape index (κ1) is 13.7. The molecule has 10 heteroatoms. The monoisotopic (exact) mass is 309 g/mol. The number of nitrogens with two attached hydrogens (primary N) is 1. The van der Waals surface area contributed by atoms with Crippen molar-refractivity contribution in [3.8, 4) is 0 Å². The maximum atomic E-state index is 14.3. The second-order valence-corrected chi connectivity index (χ2v) is 5.25. The molecule has 0 spiro atoms. The predicted octanol–water partition coefficient (Wildman–Crippen LogP) is -1.09. The van der Waals surface area contributed by atoms with Crippen molar-refractivity contribution in [2.45, 2.75) is 29.0 Å². The molecule has 4 N–H and O–H groups in total.